The molecule has 0 spiro atoms. The SMILES string of the molecule is CC(N)Cc1ccc(-c2cccc(CO)n2)cc1. The second-order valence-corrected chi connectivity index (χ2v) is 4.55. The molecule has 0 aliphatic carbocycles. The van der Waals surface area contributed by atoms with Crippen molar-refractivity contribution in [3.05, 3.63) is 53.7 Å². The van der Waals surface area contributed by atoms with Crippen molar-refractivity contribution in [2.75, 3.05) is 0 Å². The largest absolute Gasteiger partial charge is 0.390 e. The Morgan fingerprint density at radius 3 is 2.50 bits per heavy atom. The zero-order valence-electron chi connectivity index (χ0n) is 10.5. The number of benzene rings is 1. The smallest absolute Gasteiger partial charge is 0.0853 e. The van der Waals surface area contributed by atoms with Gasteiger partial charge in [-0.1, -0.05) is 30.3 Å². The first kappa shape index (κ1) is 12.7. The highest BCUT2D eigenvalue weighted by molar-refractivity contribution is 5.59. The van der Waals surface area contributed by atoms with Gasteiger partial charge in [0, 0.05) is 11.6 Å². The van der Waals surface area contributed by atoms with Crippen LogP contribution in [0.2, 0.25) is 0 Å². The van der Waals surface area contributed by atoms with Gasteiger partial charge in [-0.15, -0.1) is 0 Å². The summed E-state index contributed by atoms with van der Waals surface area (Å²) >= 11 is 0. The van der Waals surface area contributed by atoms with Crippen LogP contribution in [0, 0.1) is 0 Å². The molecule has 3 heteroatoms. The third-order valence-electron chi connectivity index (χ3n) is 2.78. The van der Waals surface area contributed by atoms with Gasteiger partial charge in [0.15, 0.2) is 0 Å². The monoisotopic (exact) mass is 242 g/mol. The maximum absolute atomic E-state index is 9.08. The topological polar surface area (TPSA) is 59.1 Å². The molecule has 0 aliphatic heterocycles. The summed E-state index contributed by atoms with van der Waals surface area (Å²) in [7, 11) is 0. The number of nitrogens with zero attached hydrogens (tertiary/aromatic N) is 1. The summed E-state index contributed by atoms with van der Waals surface area (Å²) in [6.07, 6.45) is 0.879. The summed E-state index contributed by atoms with van der Waals surface area (Å²) in [4.78, 5) is 4.38. The van der Waals surface area contributed by atoms with Gasteiger partial charge in [0.2, 0.25) is 0 Å². The lowest BCUT2D eigenvalue weighted by molar-refractivity contribution is 0.277. The number of nitrogens with two attached hydrogens (primary N) is 1. The van der Waals surface area contributed by atoms with Crippen molar-refractivity contribution in [1.29, 1.82) is 0 Å². The van der Waals surface area contributed by atoms with Gasteiger partial charge in [-0.05, 0) is 31.0 Å². The molecule has 1 unspecified atom stereocenters. The van der Waals surface area contributed by atoms with Crippen molar-refractivity contribution in [2.45, 2.75) is 26.0 Å². The molecule has 1 heterocycles. The summed E-state index contributed by atoms with van der Waals surface area (Å²) in [6, 6.07) is 14.1. The average Bonchev–Trinajstić information content (AvgIpc) is 2.39. The molecule has 1 atom stereocenters. The Morgan fingerprint density at radius 1 is 1.17 bits per heavy atom. The first-order valence-electron chi connectivity index (χ1n) is 6.10. The fourth-order valence-corrected chi connectivity index (χ4v) is 1.91. The van der Waals surface area contributed by atoms with Gasteiger partial charge in [-0.3, -0.25) is 4.98 Å². The summed E-state index contributed by atoms with van der Waals surface area (Å²) < 4.78 is 0. The Hall–Kier alpha value is -1.71. The minimum atomic E-state index is -0.0311. The number of rotatable bonds is 4. The van der Waals surface area contributed by atoms with Gasteiger partial charge in [-0.2, -0.15) is 0 Å². The van der Waals surface area contributed by atoms with E-state index in [-0.39, 0.29) is 12.6 Å². The first-order chi connectivity index (χ1) is 8.69. The molecule has 0 aliphatic rings. The van der Waals surface area contributed by atoms with Crippen LogP contribution in [0.4, 0.5) is 0 Å². The van der Waals surface area contributed by atoms with E-state index in [1.807, 2.05) is 37.3 Å². The van der Waals surface area contributed by atoms with Crippen molar-refractivity contribution in [2.24, 2.45) is 5.73 Å². The number of aliphatic hydroxyl groups excluding tert-OH is 1. The van der Waals surface area contributed by atoms with Crippen LogP contribution in [-0.2, 0) is 13.0 Å². The predicted octanol–water partition coefficient (Wildman–Crippen LogP) is 2.13. The van der Waals surface area contributed by atoms with E-state index in [1.165, 1.54) is 5.56 Å². The van der Waals surface area contributed by atoms with Crippen LogP contribution in [0.3, 0.4) is 0 Å². The average molecular weight is 242 g/mol. The second-order valence-electron chi connectivity index (χ2n) is 4.55. The van der Waals surface area contributed by atoms with Crippen LogP contribution in [0.1, 0.15) is 18.2 Å². The van der Waals surface area contributed by atoms with Crippen LogP contribution in [0.15, 0.2) is 42.5 Å². The highest BCUT2D eigenvalue weighted by Gasteiger charge is 2.02. The number of hydrogen-bond donors (Lipinski definition) is 2. The highest BCUT2D eigenvalue weighted by Crippen LogP contribution is 2.18. The van der Waals surface area contributed by atoms with Crippen LogP contribution in [0.25, 0.3) is 11.3 Å². The lowest BCUT2D eigenvalue weighted by Gasteiger charge is -2.07. The molecule has 3 N–H and O–H groups in total. The Bertz CT molecular complexity index is 506. The summed E-state index contributed by atoms with van der Waals surface area (Å²) in [5.74, 6) is 0. The predicted molar refractivity (Wildman–Crippen MR) is 72.9 cm³/mol. The molecule has 18 heavy (non-hydrogen) atoms. The Balaban J connectivity index is 2.22. The zero-order chi connectivity index (χ0) is 13.0. The van der Waals surface area contributed by atoms with E-state index in [1.54, 1.807) is 0 Å². The number of aliphatic hydroxyl groups is 1. The molecule has 2 aromatic rings. The van der Waals surface area contributed by atoms with Crippen LogP contribution < -0.4 is 5.73 Å². The number of hydrogen-bond acceptors (Lipinski definition) is 3. The summed E-state index contributed by atoms with van der Waals surface area (Å²) in [6.45, 7) is 1.97. The van der Waals surface area contributed by atoms with E-state index in [0.717, 1.165) is 17.7 Å². The molecule has 0 fully saturated rings. The molecule has 94 valence electrons. The fraction of sp³-hybridized carbons (Fsp3) is 0.267. The maximum atomic E-state index is 9.08. The van der Waals surface area contributed by atoms with Crippen molar-refractivity contribution < 1.29 is 5.11 Å². The van der Waals surface area contributed by atoms with E-state index >= 15 is 0 Å². The molecule has 0 bridgehead atoms. The number of pyridine rings is 1. The minimum Gasteiger partial charge on any atom is -0.390 e. The van der Waals surface area contributed by atoms with Crippen molar-refractivity contribution >= 4 is 0 Å². The lowest BCUT2D eigenvalue weighted by Crippen LogP contribution is -2.17. The summed E-state index contributed by atoms with van der Waals surface area (Å²) in [5, 5.41) is 9.08. The zero-order valence-corrected chi connectivity index (χ0v) is 10.5. The van der Waals surface area contributed by atoms with Crippen molar-refractivity contribution in [3.63, 3.8) is 0 Å². The third-order valence-corrected chi connectivity index (χ3v) is 2.78. The van der Waals surface area contributed by atoms with E-state index in [2.05, 4.69) is 17.1 Å². The second kappa shape index (κ2) is 5.76. The van der Waals surface area contributed by atoms with E-state index in [4.69, 9.17) is 10.8 Å². The molecular formula is C15H18N2O. The van der Waals surface area contributed by atoms with Crippen LogP contribution in [0.5, 0.6) is 0 Å². The van der Waals surface area contributed by atoms with Crippen LogP contribution >= 0.6 is 0 Å². The third kappa shape index (κ3) is 3.15. The van der Waals surface area contributed by atoms with Crippen molar-refractivity contribution in [1.82, 2.24) is 4.98 Å². The first-order valence-corrected chi connectivity index (χ1v) is 6.10. The molecule has 0 radical (unpaired) electrons. The normalized spacial score (nSPS) is 12.4. The fourth-order valence-electron chi connectivity index (χ4n) is 1.91. The van der Waals surface area contributed by atoms with Gasteiger partial charge < -0.3 is 10.8 Å². The van der Waals surface area contributed by atoms with Gasteiger partial charge in [0.25, 0.3) is 0 Å². The lowest BCUT2D eigenvalue weighted by atomic mass is 10.0. The molecule has 2 rings (SSSR count). The van der Waals surface area contributed by atoms with Gasteiger partial charge >= 0.3 is 0 Å². The van der Waals surface area contributed by atoms with Crippen LogP contribution in [-0.4, -0.2) is 16.1 Å². The molecule has 1 aromatic heterocycles. The molecule has 0 amide bonds. The summed E-state index contributed by atoms with van der Waals surface area (Å²) in [5.41, 5.74) is 9.62. The quantitative estimate of drug-likeness (QED) is 0.863. The molecule has 3 nitrogen and oxygen atoms in total. The maximum Gasteiger partial charge on any atom is 0.0853 e. The van der Waals surface area contributed by atoms with Gasteiger partial charge in [-0.25, -0.2) is 0 Å². The number of aromatic nitrogens is 1. The van der Waals surface area contributed by atoms with Gasteiger partial charge in [0.05, 0.1) is 18.0 Å². The molecule has 1 aromatic carbocycles. The standard InChI is InChI=1S/C15H18N2O/c1-11(16)9-12-5-7-13(8-6-12)15-4-2-3-14(10-18)17-15/h2-8,11,18H,9-10,16H2,1H3. The van der Waals surface area contributed by atoms with Crippen molar-refractivity contribution in [3.8, 4) is 11.3 Å². The van der Waals surface area contributed by atoms with E-state index in [0.29, 0.717) is 5.69 Å². The highest BCUT2D eigenvalue weighted by atomic mass is 16.3. The Labute approximate surface area is 107 Å². The van der Waals surface area contributed by atoms with E-state index in [9.17, 15) is 0 Å². The Kier molecular flexibility index (Phi) is 4.07. The molecule has 0 saturated heterocycles. The Morgan fingerprint density at radius 2 is 1.89 bits per heavy atom. The molecule has 0 saturated carbocycles. The minimum absolute atomic E-state index is 0.0311. The van der Waals surface area contributed by atoms with E-state index < -0.39 is 0 Å². The van der Waals surface area contributed by atoms with Gasteiger partial charge in [0.1, 0.15) is 0 Å². The molecular weight excluding hydrogens is 224 g/mol.